The van der Waals surface area contributed by atoms with Crippen LogP contribution in [0.5, 0.6) is 5.75 Å². The molecule has 0 bridgehead atoms. The number of halogens is 2. The Morgan fingerprint density at radius 3 is 2.50 bits per heavy atom. The van der Waals surface area contributed by atoms with E-state index >= 15 is 0 Å². The fourth-order valence-corrected chi connectivity index (χ4v) is 5.69. The summed E-state index contributed by atoms with van der Waals surface area (Å²) < 4.78 is 55.6. The number of nitrogens with one attached hydrogen (secondary N) is 1. The zero-order valence-electron chi connectivity index (χ0n) is 16.1. The van der Waals surface area contributed by atoms with Crippen LogP contribution in [0, 0.1) is 5.92 Å². The van der Waals surface area contributed by atoms with E-state index in [0.29, 0.717) is 18.2 Å². The van der Waals surface area contributed by atoms with Crippen LogP contribution in [0.3, 0.4) is 0 Å². The second-order valence-corrected chi connectivity index (χ2v) is 10.5. The van der Waals surface area contributed by atoms with Gasteiger partial charge in [0.05, 0.1) is 55.0 Å². The number of carbonyl (C=O) groups is 2. The van der Waals surface area contributed by atoms with Crippen LogP contribution < -0.4 is 20.7 Å². The van der Waals surface area contributed by atoms with Crippen LogP contribution in [0.4, 0.5) is 14.5 Å². The van der Waals surface area contributed by atoms with Crippen LogP contribution in [0.1, 0.15) is 29.8 Å². The van der Waals surface area contributed by atoms with Crippen LogP contribution >= 0.6 is 0 Å². The molecule has 0 unspecified atom stereocenters. The number of amides is 2. The molecule has 3 aliphatic rings. The molecule has 2 amide bonds. The number of rotatable bonds is 8. The fourth-order valence-electron chi connectivity index (χ4n) is 3.74. The maximum atomic E-state index is 13.3. The maximum Gasteiger partial charge on any atom is 0.282 e. The van der Waals surface area contributed by atoms with Gasteiger partial charge < -0.3 is 20.7 Å². The lowest BCUT2D eigenvalue weighted by Gasteiger charge is -2.41. The maximum absolute atomic E-state index is 13.3. The lowest BCUT2D eigenvalue weighted by atomic mass is 9.98. The largest absolute Gasteiger partial charge is 0.491 e. The molecule has 12 heteroatoms. The van der Waals surface area contributed by atoms with Crippen molar-refractivity contribution in [3.63, 3.8) is 0 Å². The second-order valence-electron chi connectivity index (χ2n) is 8.41. The van der Waals surface area contributed by atoms with Crippen molar-refractivity contribution < 1.29 is 31.5 Å². The Morgan fingerprint density at radius 1 is 1.30 bits per heavy atom. The highest BCUT2D eigenvalue weighted by molar-refractivity contribution is 7.93. The summed E-state index contributed by atoms with van der Waals surface area (Å²) >= 11 is 0. The quantitative estimate of drug-likeness (QED) is 0.581. The zero-order valence-corrected chi connectivity index (χ0v) is 16.9. The summed E-state index contributed by atoms with van der Waals surface area (Å²) in [7, 11) is -3.35. The molecule has 9 nitrogen and oxygen atoms in total. The number of carbonyl (C=O) groups excluding carboxylic acids is 2. The van der Waals surface area contributed by atoms with E-state index in [1.54, 1.807) is 0 Å². The molecule has 3 N–H and O–H groups in total. The number of anilines is 1. The van der Waals surface area contributed by atoms with Gasteiger partial charge >= 0.3 is 0 Å². The molecule has 4 rings (SSSR count). The molecule has 2 aliphatic heterocycles. The molecule has 2 saturated heterocycles. The first kappa shape index (κ1) is 20.8. The topological polar surface area (TPSA) is 132 Å². The number of ether oxygens (including phenoxy) is 1. The van der Waals surface area contributed by atoms with E-state index in [4.69, 9.17) is 10.5 Å². The molecule has 0 spiro atoms. The Labute approximate surface area is 171 Å². The Bertz CT molecular complexity index is 976. The fraction of sp³-hybridized carbons (Fsp3) is 0.611. The van der Waals surface area contributed by atoms with Gasteiger partial charge in [0.25, 0.3) is 11.8 Å². The predicted molar refractivity (Wildman–Crippen MR) is 102 cm³/mol. The summed E-state index contributed by atoms with van der Waals surface area (Å²) in [5.41, 5.74) is 4.24. The Balaban J connectivity index is 1.53. The molecule has 1 aromatic rings. The van der Waals surface area contributed by atoms with Crippen LogP contribution in [0.15, 0.2) is 12.3 Å². The van der Waals surface area contributed by atoms with Gasteiger partial charge in [-0.1, -0.05) is 0 Å². The van der Waals surface area contributed by atoms with Crippen molar-refractivity contribution in [1.82, 2.24) is 10.3 Å². The molecule has 1 aromatic heterocycles. The predicted octanol–water partition coefficient (Wildman–Crippen LogP) is 0.0981. The molecule has 1 saturated carbocycles. The number of nitrogens with two attached hydrogens (primary N) is 1. The molecule has 30 heavy (non-hydrogen) atoms. The van der Waals surface area contributed by atoms with Crippen molar-refractivity contribution in [2.75, 3.05) is 36.1 Å². The van der Waals surface area contributed by atoms with E-state index in [-0.39, 0.29) is 29.4 Å². The molecule has 3 heterocycles. The van der Waals surface area contributed by atoms with Crippen molar-refractivity contribution in [1.29, 1.82) is 0 Å². The molecular weight excluding hydrogens is 422 g/mol. The third-order valence-corrected chi connectivity index (χ3v) is 7.30. The number of primary amides is 1. The minimum Gasteiger partial charge on any atom is -0.491 e. The Morgan fingerprint density at radius 2 is 1.97 bits per heavy atom. The number of sulfone groups is 1. The van der Waals surface area contributed by atoms with Gasteiger partial charge in [0, 0.05) is 6.07 Å². The van der Waals surface area contributed by atoms with Gasteiger partial charge in [0.15, 0.2) is 9.84 Å². The molecule has 3 fully saturated rings. The van der Waals surface area contributed by atoms with E-state index in [0.717, 1.165) is 12.8 Å². The van der Waals surface area contributed by atoms with Gasteiger partial charge in [0.1, 0.15) is 11.4 Å². The number of hydrogen-bond donors (Lipinski definition) is 2. The van der Waals surface area contributed by atoms with Crippen LogP contribution in [-0.4, -0.2) is 67.9 Å². The van der Waals surface area contributed by atoms with E-state index in [9.17, 15) is 26.8 Å². The lowest BCUT2D eigenvalue weighted by Crippen LogP contribution is -2.66. The van der Waals surface area contributed by atoms with Crippen molar-refractivity contribution >= 4 is 27.3 Å². The number of aromatic nitrogens is 1. The third kappa shape index (κ3) is 4.47. The normalized spacial score (nSPS) is 23.1. The summed E-state index contributed by atoms with van der Waals surface area (Å²) in [5, 5.41) is 2.56. The minimum atomic E-state index is -3.35. The smallest absolute Gasteiger partial charge is 0.282 e. The first-order valence-corrected chi connectivity index (χ1v) is 11.3. The molecule has 1 aliphatic carbocycles. The first-order valence-electron chi connectivity index (χ1n) is 9.53. The van der Waals surface area contributed by atoms with Crippen molar-refractivity contribution in [3.8, 4) is 5.75 Å². The Kier molecular flexibility index (Phi) is 4.87. The number of nitrogens with zero attached hydrogens (tertiary/aromatic N) is 2. The molecule has 0 radical (unpaired) electrons. The molecular formula is C18H22F2N4O5S. The van der Waals surface area contributed by atoms with Gasteiger partial charge in [-0.05, 0) is 18.8 Å². The summed E-state index contributed by atoms with van der Waals surface area (Å²) in [4.78, 5) is 29.5. The average molecular weight is 444 g/mol. The average Bonchev–Trinajstić information content (AvgIpc) is 3.39. The summed E-state index contributed by atoms with van der Waals surface area (Å²) in [5.74, 6) is -4.31. The SMILES string of the molecule is NC(=O)CC1(NC(=O)c2cc(OCC3CC3)c(N3CC(F)(F)C3)cn2)CS(=O)(=O)C1. The van der Waals surface area contributed by atoms with Gasteiger partial charge in [0.2, 0.25) is 5.91 Å². The molecule has 0 aromatic carbocycles. The highest BCUT2D eigenvalue weighted by Gasteiger charge is 2.51. The minimum absolute atomic E-state index is 0.0648. The van der Waals surface area contributed by atoms with E-state index in [1.165, 1.54) is 17.2 Å². The summed E-state index contributed by atoms with van der Waals surface area (Å²) in [6.07, 6.45) is 3.04. The highest BCUT2D eigenvalue weighted by atomic mass is 32.2. The molecule has 164 valence electrons. The van der Waals surface area contributed by atoms with Gasteiger partial charge in [-0.25, -0.2) is 22.2 Å². The number of pyridine rings is 1. The number of alkyl halides is 2. The zero-order chi connectivity index (χ0) is 21.7. The lowest BCUT2D eigenvalue weighted by molar-refractivity contribution is -0.119. The standard InChI is InChI=1S/C18H22F2N4O5S/c19-18(20)7-24(8-18)13-5-22-12(3-14(13)29-6-11-1-2-11)16(26)23-17(4-15(21)25)9-30(27,28)10-17/h3,5,11H,1-2,4,6-10H2,(H2,21,25)(H,23,26). The summed E-state index contributed by atoms with van der Waals surface area (Å²) in [6, 6.07) is 1.36. The van der Waals surface area contributed by atoms with Crippen LogP contribution in [0.25, 0.3) is 0 Å². The summed E-state index contributed by atoms with van der Waals surface area (Å²) in [6.45, 7) is -0.509. The highest BCUT2D eigenvalue weighted by Crippen LogP contribution is 2.39. The van der Waals surface area contributed by atoms with E-state index < -0.39 is 46.2 Å². The van der Waals surface area contributed by atoms with Crippen molar-refractivity contribution in [2.45, 2.75) is 30.7 Å². The van der Waals surface area contributed by atoms with Gasteiger partial charge in [-0.2, -0.15) is 0 Å². The van der Waals surface area contributed by atoms with Crippen LogP contribution in [0.2, 0.25) is 0 Å². The van der Waals surface area contributed by atoms with Crippen molar-refractivity contribution in [2.24, 2.45) is 11.7 Å². The van der Waals surface area contributed by atoms with Crippen molar-refractivity contribution in [3.05, 3.63) is 18.0 Å². The number of hydrogen-bond acceptors (Lipinski definition) is 7. The molecule has 0 atom stereocenters. The van der Waals surface area contributed by atoms with Gasteiger partial charge in [-0.15, -0.1) is 0 Å². The van der Waals surface area contributed by atoms with E-state index in [1.807, 2.05) is 0 Å². The monoisotopic (exact) mass is 444 g/mol. The third-order valence-electron chi connectivity index (χ3n) is 5.32. The van der Waals surface area contributed by atoms with Crippen LogP contribution in [-0.2, 0) is 14.6 Å². The van der Waals surface area contributed by atoms with E-state index in [2.05, 4.69) is 10.3 Å². The second kappa shape index (κ2) is 7.03. The first-order chi connectivity index (χ1) is 14.0. The Hall–Kier alpha value is -2.50. The van der Waals surface area contributed by atoms with Gasteiger partial charge in [-0.3, -0.25) is 9.59 Å².